The highest BCUT2D eigenvalue weighted by atomic mass is 19.4. The molecular weight excluding hydrogens is 273 g/mol. The van der Waals surface area contributed by atoms with Crippen LogP contribution in [-0.4, -0.2) is 17.3 Å². The molecule has 0 atom stereocenters. The molecule has 1 heterocycles. The molecule has 20 heavy (non-hydrogen) atoms. The minimum absolute atomic E-state index is 0.171. The largest absolute Gasteiger partial charge is 0.573 e. The first-order valence-corrected chi connectivity index (χ1v) is 5.46. The molecule has 0 bridgehead atoms. The van der Waals surface area contributed by atoms with Gasteiger partial charge in [0.05, 0.1) is 5.56 Å². The zero-order chi connectivity index (χ0) is 14.8. The van der Waals surface area contributed by atoms with Gasteiger partial charge in [0, 0.05) is 18.0 Å². The number of nitrogens with zero attached hydrogens (tertiary/aromatic N) is 1. The van der Waals surface area contributed by atoms with Gasteiger partial charge in [-0.1, -0.05) is 12.1 Å². The van der Waals surface area contributed by atoms with E-state index in [0.717, 1.165) is 0 Å². The van der Waals surface area contributed by atoms with Crippen LogP contribution < -0.4 is 10.5 Å². The number of carbonyl (C=O) groups is 1. The first kappa shape index (κ1) is 13.9. The van der Waals surface area contributed by atoms with Crippen molar-refractivity contribution in [1.29, 1.82) is 0 Å². The molecule has 0 aliphatic rings. The number of primary amides is 1. The third kappa shape index (κ3) is 3.47. The quantitative estimate of drug-likeness (QED) is 0.941. The zero-order valence-corrected chi connectivity index (χ0v) is 10.0. The van der Waals surface area contributed by atoms with Crippen LogP contribution in [0.2, 0.25) is 0 Å². The molecule has 0 saturated heterocycles. The van der Waals surface area contributed by atoms with Crippen molar-refractivity contribution in [3.05, 3.63) is 48.3 Å². The van der Waals surface area contributed by atoms with Gasteiger partial charge in [0.15, 0.2) is 0 Å². The second-order valence-electron chi connectivity index (χ2n) is 3.90. The number of ether oxygens (including phenoxy) is 1. The molecule has 104 valence electrons. The second kappa shape index (κ2) is 5.20. The number of hydrogen-bond acceptors (Lipinski definition) is 3. The number of carbonyl (C=O) groups excluding carboxylic acids is 1. The summed E-state index contributed by atoms with van der Waals surface area (Å²) < 4.78 is 40.3. The Bertz CT molecular complexity index is 642. The smallest absolute Gasteiger partial charge is 0.406 e. The predicted octanol–water partition coefficient (Wildman–Crippen LogP) is 2.75. The van der Waals surface area contributed by atoms with Crippen molar-refractivity contribution in [2.45, 2.75) is 6.36 Å². The number of aromatic nitrogens is 1. The van der Waals surface area contributed by atoms with Gasteiger partial charge < -0.3 is 10.5 Å². The summed E-state index contributed by atoms with van der Waals surface area (Å²) in [6.45, 7) is 0. The fraction of sp³-hybridized carbons (Fsp3) is 0.0769. The molecule has 2 rings (SSSR count). The van der Waals surface area contributed by atoms with Crippen LogP contribution >= 0.6 is 0 Å². The lowest BCUT2D eigenvalue weighted by molar-refractivity contribution is -0.274. The predicted molar refractivity (Wildman–Crippen MR) is 64.9 cm³/mol. The van der Waals surface area contributed by atoms with Gasteiger partial charge in [-0.05, 0) is 23.8 Å². The lowest BCUT2D eigenvalue weighted by Crippen LogP contribution is -2.17. The maximum atomic E-state index is 12.1. The second-order valence-corrected chi connectivity index (χ2v) is 3.90. The van der Waals surface area contributed by atoms with E-state index in [-0.39, 0.29) is 11.3 Å². The summed E-state index contributed by atoms with van der Waals surface area (Å²) in [5, 5.41) is 0. The number of benzene rings is 1. The minimum atomic E-state index is -4.76. The lowest BCUT2D eigenvalue weighted by Gasteiger charge is -2.10. The topological polar surface area (TPSA) is 65.2 Å². The summed E-state index contributed by atoms with van der Waals surface area (Å²) >= 11 is 0. The van der Waals surface area contributed by atoms with Crippen LogP contribution in [0.15, 0.2) is 42.7 Å². The number of hydrogen-bond donors (Lipinski definition) is 1. The Morgan fingerprint density at radius 1 is 1.15 bits per heavy atom. The summed E-state index contributed by atoms with van der Waals surface area (Å²) in [6, 6.07) is 6.82. The van der Waals surface area contributed by atoms with Crippen molar-refractivity contribution in [2.75, 3.05) is 0 Å². The monoisotopic (exact) mass is 282 g/mol. The fourth-order valence-electron chi connectivity index (χ4n) is 1.61. The molecule has 4 nitrogen and oxygen atoms in total. The van der Waals surface area contributed by atoms with Crippen LogP contribution in [0.5, 0.6) is 5.75 Å². The third-order valence-electron chi connectivity index (χ3n) is 2.42. The van der Waals surface area contributed by atoms with Crippen molar-refractivity contribution in [1.82, 2.24) is 4.98 Å². The van der Waals surface area contributed by atoms with Gasteiger partial charge in [-0.25, -0.2) is 0 Å². The van der Waals surface area contributed by atoms with E-state index in [1.165, 1.54) is 36.7 Å². The zero-order valence-electron chi connectivity index (χ0n) is 10.0. The van der Waals surface area contributed by atoms with Gasteiger partial charge in [0.25, 0.3) is 0 Å². The Hall–Kier alpha value is -2.57. The normalized spacial score (nSPS) is 11.2. The number of amides is 1. The Balaban J connectivity index is 2.36. The molecule has 2 N–H and O–H groups in total. The van der Waals surface area contributed by atoms with Gasteiger partial charge in [-0.2, -0.15) is 0 Å². The highest BCUT2D eigenvalue weighted by molar-refractivity contribution is 5.93. The Labute approximate surface area is 112 Å². The summed E-state index contributed by atoms with van der Waals surface area (Å²) in [4.78, 5) is 14.9. The summed E-state index contributed by atoms with van der Waals surface area (Å²) in [6.07, 6.45) is -2.06. The van der Waals surface area contributed by atoms with E-state index in [2.05, 4.69) is 9.72 Å². The van der Waals surface area contributed by atoms with E-state index in [0.29, 0.717) is 11.1 Å². The summed E-state index contributed by atoms with van der Waals surface area (Å²) in [5.74, 6) is -1.01. The van der Waals surface area contributed by atoms with Gasteiger partial charge in [-0.15, -0.1) is 13.2 Å². The first-order chi connectivity index (χ1) is 9.35. The van der Waals surface area contributed by atoms with Crippen LogP contribution in [0.4, 0.5) is 13.2 Å². The van der Waals surface area contributed by atoms with Gasteiger partial charge >= 0.3 is 6.36 Å². The van der Waals surface area contributed by atoms with Crippen LogP contribution in [0.3, 0.4) is 0 Å². The molecule has 0 spiro atoms. The molecule has 1 aromatic carbocycles. The maximum Gasteiger partial charge on any atom is 0.573 e. The minimum Gasteiger partial charge on any atom is -0.406 e. The highest BCUT2D eigenvalue weighted by Gasteiger charge is 2.31. The van der Waals surface area contributed by atoms with Crippen molar-refractivity contribution in [3.63, 3.8) is 0 Å². The average Bonchev–Trinajstić information content (AvgIpc) is 2.37. The Morgan fingerprint density at radius 3 is 2.55 bits per heavy atom. The maximum absolute atomic E-state index is 12.1. The van der Waals surface area contributed by atoms with Crippen molar-refractivity contribution in [2.24, 2.45) is 5.73 Å². The van der Waals surface area contributed by atoms with Crippen LogP contribution in [-0.2, 0) is 0 Å². The van der Waals surface area contributed by atoms with Crippen molar-refractivity contribution in [3.8, 4) is 16.9 Å². The molecule has 0 unspecified atom stereocenters. The van der Waals surface area contributed by atoms with E-state index >= 15 is 0 Å². The van der Waals surface area contributed by atoms with Crippen molar-refractivity contribution >= 4 is 5.91 Å². The highest BCUT2D eigenvalue weighted by Crippen LogP contribution is 2.27. The standard InChI is InChI=1S/C13H9F3N2O2/c14-13(15,16)20-11-3-1-2-8(5-11)9-4-10(12(17)19)7-18-6-9/h1-7H,(H2,17,19). The van der Waals surface area contributed by atoms with Gasteiger partial charge in [0.1, 0.15) is 5.75 Å². The van der Waals surface area contributed by atoms with Gasteiger partial charge in [-0.3, -0.25) is 9.78 Å². The molecule has 0 saturated carbocycles. The van der Waals surface area contributed by atoms with Crippen LogP contribution in [0.25, 0.3) is 11.1 Å². The SMILES string of the molecule is NC(=O)c1cncc(-c2cccc(OC(F)(F)F)c2)c1. The molecular formula is C13H9F3N2O2. The number of rotatable bonds is 3. The molecule has 0 radical (unpaired) electrons. The Kier molecular flexibility index (Phi) is 3.60. The molecule has 0 aliphatic heterocycles. The fourth-order valence-corrected chi connectivity index (χ4v) is 1.61. The Morgan fingerprint density at radius 2 is 1.90 bits per heavy atom. The number of alkyl halides is 3. The number of halogens is 3. The average molecular weight is 282 g/mol. The molecule has 0 fully saturated rings. The third-order valence-corrected chi connectivity index (χ3v) is 2.42. The summed E-state index contributed by atoms with van der Waals surface area (Å²) in [5.41, 5.74) is 6.19. The molecule has 1 aromatic heterocycles. The van der Waals surface area contributed by atoms with Gasteiger partial charge in [0.2, 0.25) is 5.91 Å². The van der Waals surface area contributed by atoms with E-state index in [1.807, 2.05) is 0 Å². The van der Waals surface area contributed by atoms with E-state index in [4.69, 9.17) is 5.73 Å². The number of pyridine rings is 1. The van der Waals surface area contributed by atoms with Crippen LogP contribution in [0.1, 0.15) is 10.4 Å². The van der Waals surface area contributed by atoms with E-state index in [9.17, 15) is 18.0 Å². The van der Waals surface area contributed by atoms with Crippen LogP contribution in [0, 0.1) is 0 Å². The number of nitrogens with two attached hydrogens (primary N) is 1. The lowest BCUT2D eigenvalue weighted by atomic mass is 10.1. The van der Waals surface area contributed by atoms with E-state index < -0.39 is 12.3 Å². The first-order valence-electron chi connectivity index (χ1n) is 5.46. The molecule has 7 heteroatoms. The van der Waals surface area contributed by atoms with Crippen molar-refractivity contribution < 1.29 is 22.7 Å². The summed E-state index contributed by atoms with van der Waals surface area (Å²) in [7, 11) is 0. The molecule has 2 aromatic rings. The van der Waals surface area contributed by atoms with E-state index in [1.54, 1.807) is 6.07 Å². The molecule has 1 amide bonds. The molecule has 0 aliphatic carbocycles.